The van der Waals surface area contributed by atoms with Crippen molar-refractivity contribution in [3.63, 3.8) is 0 Å². The third-order valence-electron chi connectivity index (χ3n) is 5.44. The molecule has 0 saturated heterocycles. The Hall–Kier alpha value is -2.30. The minimum Gasteiger partial charge on any atom is -0.392 e. The SMILES string of the molecule is CO[C@@H]1CC[C@@H](O/N=C(/C(=O)Nc2ncc(C)s2)c2ccc(S(=O)(=O)C3CC3)cc2)C1. The molecule has 0 spiro atoms. The van der Waals surface area contributed by atoms with Crippen molar-refractivity contribution in [2.45, 2.75) is 61.4 Å². The van der Waals surface area contributed by atoms with Crippen LogP contribution in [0.4, 0.5) is 5.13 Å². The van der Waals surface area contributed by atoms with Crippen LogP contribution in [0.1, 0.15) is 42.5 Å². The lowest BCUT2D eigenvalue weighted by Gasteiger charge is -2.12. The predicted molar refractivity (Wildman–Crippen MR) is 118 cm³/mol. The Morgan fingerprint density at radius 3 is 2.45 bits per heavy atom. The fourth-order valence-corrected chi connectivity index (χ4v) is 5.82. The van der Waals surface area contributed by atoms with Crippen molar-refractivity contribution in [2.75, 3.05) is 12.4 Å². The summed E-state index contributed by atoms with van der Waals surface area (Å²) < 4.78 is 30.3. The third kappa shape index (κ3) is 5.13. The number of hydrogen-bond acceptors (Lipinski definition) is 8. The largest absolute Gasteiger partial charge is 0.392 e. The number of methoxy groups -OCH3 is 1. The van der Waals surface area contributed by atoms with Gasteiger partial charge in [-0.05, 0) is 44.7 Å². The molecule has 1 N–H and O–H groups in total. The van der Waals surface area contributed by atoms with Crippen LogP contribution < -0.4 is 5.32 Å². The summed E-state index contributed by atoms with van der Waals surface area (Å²) in [4.78, 5) is 24.0. The van der Waals surface area contributed by atoms with Crippen LogP contribution in [0.15, 0.2) is 40.5 Å². The molecule has 1 amide bonds. The highest BCUT2D eigenvalue weighted by molar-refractivity contribution is 7.92. The molecule has 8 nitrogen and oxygen atoms in total. The van der Waals surface area contributed by atoms with Crippen molar-refractivity contribution < 1.29 is 22.8 Å². The molecule has 2 aromatic rings. The highest BCUT2D eigenvalue weighted by Crippen LogP contribution is 2.33. The van der Waals surface area contributed by atoms with E-state index in [2.05, 4.69) is 15.5 Å². The van der Waals surface area contributed by atoms with Gasteiger partial charge in [0.05, 0.1) is 16.2 Å². The van der Waals surface area contributed by atoms with E-state index in [9.17, 15) is 13.2 Å². The lowest BCUT2D eigenvalue weighted by molar-refractivity contribution is -0.110. The summed E-state index contributed by atoms with van der Waals surface area (Å²) >= 11 is 1.36. The van der Waals surface area contributed by atoms with Gasteiger partial charge in [0.15, 0.2) is 20.7 Å². The zero-order valence-electron chi connectivity index (χ0n) is 17.4. The molecule has 0 aliphatic heterocycles. The fourth-order valence-electron chi connectivity index (χ4n) is 3.51. The molecule has 0 unspecified atom stereocenters. The number of carbonyl (C=O) groups is 1. The molecule has 0 radical (unpaired) electrons. The molecule has 2 aliphatic rings. The van der Waals surface area contributed by atoms with Gasteiger partial charge in [0, 0.05) is 30.2 Å². The van der Waals surface area contributed by atoms with Crippen molar-refractivity contribution in [3.05, 3.63) is 40.9 Å². The first-order chi connectivity index (χ1) is 14.9. The van der Waals surface area contributed by atoms with Gasteiger partial charge in [-0.25, -0.2) is 13.4 Å². The number of oxime groups is 1. The molecule has 2 saturated carbocycles. The molecule has 2 fully saturated rings. The average Bonchev–Trinajstić information content (AvgIpc) is 3.40. The Balaban J connectivity index is 1.56. The number of aryl methyl sites for hydroxylation is 1. The first kappa shape index (κ1) is 21.9. The van der Waals surface area contributed by atoms with Gasteiger partial charge in [-0.15, -0.1) is 11.3 Å². The van der Waals surface area contributed by atoms with E-state index in [0.29, 0.717) is 30.0 Å². The highest BCUT2D eigenvalue weighted by atomic mass is 32.2. The van der Waals surface area contributed by atoms with Crippen LogP contribution in [0, 0.1) is 6.92 Å². The molecular formula is C21H25N3O5S2. The van der Waals surface area contributed by atoms with Crippen molar-refractivity contribution in [2.24, 2.45) is 5.16 Å². The summed E-state index contributed by atoms with van der Waals surface area (Å²) in [5, 5.41) is 7.08. The number of sulfone groups is 1. The summed E-state index contributed by atoms with van der Waals surface area (Å²) in [5.74, 6) is -0.464. The predicted octanol–water partition coefficient (Wildman–Crippen LogP) is 3.31. The first-order valence-corrected chi connectivity index (χ1v) is 12.6. The second-order valence-electron chi connectivity index (χ2n) is 7.84. The summed E-state index contributed by atoms with van der Waals surface area (Å²) in [5.41, 5.74) is 0.547. The van der Waals surface area contributed by atoms with E-state index in [-0.39, 0.29) is 28.1 Å². The number of nitrogens with one attached hydrogen (secondary N) is 1. The Morgan fingerprint density at radius 1 is 1.16 bits per heavy atom. The van der Waals surface area contributed by atoms with Crippen molar-refractivity contribution in [1.29, 1.82) is 0 Å². The van der Waals surface area contributed by atoms with E-state index in [4.69, 9.17) is 9.57 Å². The van der Waals surface area contributed by atoms with E-state index in [1.807, 2.05) is 6.92 Å². The minimum absolute atomic E-state index is 0.0732. The average molecular weight is 464 g/mol. The smallest absolute Gasteiger partial charge is 0.280 e. The van der Waals surface area contributed by atoms with E-state index < -0.39 is 15.7 Å². The Morgan fingerprint density at radius 2 is 1.87 bits per heavy atom. The maximum atomic E-state index is 12.9. The standard InChI is InChI=1S/C21H25N3O5S2/c1-13-12-22-21(30-13)23-20(25)19(24-29-16-6-5-15(11-16)28-2)14-3-7-17(8-4-14)31(26,27)18-9-10-18/h3-4,7-8,12,15-16,18H,5-6,9-11H2,1-2H3,(H,22,23,25)/b24-19+/t15-,16-/m1/s1. The lowest BCUT2D eigenvalue weighted by atomic mass is 10.1. The van der Waals surface area contributed by atoms with E-state index in [1.54, 1.807) is 25.4 Å². The fraction of sp³-hybridized carbons (Fsp3) is 0.476. The number of hydrogen-bond donors (Lipinski definition) is 1. The molecule has 166 valence electrons. The number of thiazole rings is 1. The maximum Gasteiger partial charge on any atom is 0.280 e. The number of aromatic nitrogens is 1. The molecule has 2 aliphatic carbocycles. The van der Waals surface area contributed by atoms with Crippen LogP contribution in [-0.2, 0) is 24.2 Å². The monoisotopic (exact) mass is 463 g/mol. The number of ether oxygens (including phenoxy) is 1. The van der Waals surface area contributed by atoms with E-state index >= 15 is 0 Å². The normalized spacial score (nSPS) is 21.8. The van der Waals surface area contributed by atoms with Gasteiger partial charge in [-0.2, -0.15) is 0 Å². The van der Waals surface area contributed by atoms with Gasteiger partial charge >= 0.3 is 0 Å². The van der Waals surface area contributed by atoms with Crippen molar-refractivity contribution in [1.82, 2.24) is 4.98 Å². The molecule has 10 heteroatoms. The molecule has 0 bridgehead atoms. The number of anilines is 1. The van der Waals surface area contributed by atoms with Crippen LogP contribution in [0.3, 0.4) is 0 Å². The highest BCUT2D eigenvalue weighted by Gasteiger charge is 2.37. The molecule has 2 atom stereocenters. The van der Waals surface area contributed by atoms with Gasteiger partial charge in [-0.3, -0.25) is 10.1 Å². The zero-order chi connectivity index (χ0) is 22.0. The zero-order valence-corrected chi connectivity index (χ0v) is 19.0. The number of amides is 1. The topological polar surface area (TPSA) is 107 Å². The van der Waals surface area contributed by atoms with Crippen molar-refractivity contribution in [3.8, 4) is 0 Å². The van der Waals surface area contributed by atoms with Crippen LogP contribution >= 0.6 is 11.3 Å². The van der Waals surface area contributed by atoms with Crippen LogP contribution in [0.5, 0.6) is 0 Å². The molecular weight excluding hydrogens is 438 g/mol. The number of nitrogens with zero attached hydrogens (tertiary/aromatic N) is 2. The second kappa shape index (κ2) is 9.05. The van der Waals surface area contributed by atoms with Gasteiger partial charge < -0.3 is 9.57 Å². The van der Waals surface area contributed by atoms with Crippen LogP contribution in [0.2, 0.25) is 0 Å². The number of carbonyl (C=O) groups excluding carboxylic acids is 1. The first-order valence-electron chi connectivity index (χ1n) is 10.2. The van der Waals surface area contributed by atoms with E-state index in [1.165, 1.54) is 23.5 Å². The quantitative estimate of drug-likeness (QED) is 0.475. The third-order valence-corrected chi connectivity index (χ3v) is 8.55. The minimum atomic E-state index is -3.30. The number of benzene rings is 1. The summed E-state index contributed by atoms with van der Waals surface area (Å²) in [6, 6.07) is 6.24. The molecule has 1 heterocycles. The van der Waals surface area contributed by atoms with Crippen LogP contribution in [-0.4, -0.2) is 49.6 Å². The number of rotatable bonds is 8. The molecule has 4 rings (SSSR count). The Bertz CT molecular complexity index is 1070. The van der Waals surface area contributed by atoms with Gasteiger partial charge in [0.2, 0.25) is 0 Å². The summed E-state index contributed by atoms with van der Waals surface area (Å²) in [6.45, 7) is 1.90. The van der Waals surface area contributed by atoms with Crippen LogP contribution in [0.25, 0.3) is 0 Å². The second-order valence-corrected chi connectivity index (χ2v) is 11.3. The summed E-state index contributed by atoms with van der Waals surface area (Å²) in [6.07, 6.45) is 5.44. The molecule has 31 heavy (non-hydrogen) atoms. The van der Waals surface area contributed by atoms with E-state index in [0.717, 1.165) is 17.7 Å². The van der Waals surface area contributed by atoms with Gasteiger partial charge in [-0.1, -0.05) is 17.3 Å². The molecule has 1 aromatic carbocycles. The van der Waals surface area contributed by atoms with Gasteiger partial charge in [0.25, 0.3) is 5.91 Å². The maximum absolute atomic E-state index is 12.9. The Labute approximate surface area is 185 Å². The molecule has 1 aromatic heterocycles. The van der Waals surface area contributed by atoms with Crippen molar-refractivity contribution >= 4 is 37.9 Å². The lowest BCUT2D eigenvalue weighted by Crippen LogP contribution is -2.25. The Kier molecular flexibility index (Phi) is 6.40. The summed E-state index contributed by atoms with van der Waals surface area (Å²) in [7, 11) is -1.63. The van der Waals surface area contributed by atoms with Gasteiger partial charge in [0.1, 0.15) is 6.10 Å².